The average Bonchev–Trinajstić information content (AvgIpc) is 2.62. The van der Waals surface area contributed by atoms with Crippen LogP contribution in [0.2, 0.25) is 0 Å². The van der Waals surface area contributed by atoms with Gasteiger partial charge in [-0.3, -0.25) is 4.79 Å². The first kappa shape index (κ1) is 12.1. The van der Waals surface area contributed by atoms with Crippen molar-refractivity contribution in [3.05, 3.63) is 35.9 Å². The Labute approximate surface area is 102 Å². The van der Waals surface area contributed by atoms with Crippen LogP contribution in [0.3, 0.4) is 0 Å². The van der Waals surface area contributed by atoms with Crippen molar-refractivity contribution >= 4 is 5.97 Å². The minimum atomic E-state index is -0.677. The van der Waals surface area contributed by atoms with E-state index in [0.717, 1.165) is 19.4 Å². The topological polar surface area (TPSA) is 40.5 Å². The van der Waals surface area contributed by atoms with E-state index in [0.29, 0.717) is 12.5 Å². The van der Waals surface area contributed by atoms with Gasteiger partial charge in [-0.15, -0.1) is 0 Å². The first-order valence-corrected chi connectivity index (χ1v) is 6.13. The van der Waals surface area contributed by atoms with Gasteiger partial charge in [-0.25, -0.2) is 0 Å². The fraction of sp³-hybridized carbons (Fsp3) is 0.500. The highest BCUT2D eigenvalue weighted by Gasteiger charge is 2.32. The van der Waals surface area contributed by atoms with E-state index in [1.54, 1.807) is 0 Å². The number of carboxylic acids is 1. The van der Waals surface area contributed by atoms with E-state index in [4.69, 9.17) is 5.11 Å². The molecule has 0 amide bonds. The Kier molecular flexibility index (Phi) is 3.79. The largest absolute Gasteiger partial charge is 0.481 e. The van der Waals surface area contributed by atoms with Crippen LogP contribution in [0.15, 0.2) is 30.3 Å². The molecular weight excluding hydrogens is 214 g/mol. The Morgan fingerprint density at radius 2 is 2.12 bits per heavy atom. The van der Waals surface area contributed by atoms with Gasteiger partial charge in [0.15, 0.2) is 0 Å². The van der Waals surface area contributed by atoms with Crippen LogP contribution in [0.4, 0.5) is 0 Å². The third kappa shape index (κ3) is 3.07. The van der Waals surface area contributed by atoms with Crippen molar-refractivity contribution in [3.8, 4) is 0 Å². The molecule has 1 fully saturated rings. The van der Waals surface area contributed by atoms with Gasteiger partial charge < -0.3 is 10.0 Å². The molecule has 0 aromatic heterocycles. The highest BCUT2D eigenvalue weighted by Crippen LogP contribution is 2.28. The smallest absolute Gasteiger partial charge is 0.303 e. The number of rotatable bonds is 4. The molecule has 1 saturated heterocycles. The Hall–Kier alpha value is -1.35. The highest BCUT2D eigenvalue weighted by molar-refractivity contribution is 5.67. The van der Waals surface area contributed by atoms with Gasteiger partial charge in [0, 0.05) is 12.5 Å². The molecule has 0 spiro atoms. The van der Waals surface area contributed by atoms with Crippen molar-refractivity contribution in [2.24, 2.45) is 5.92 Å². The van der Waals surface area contributed by atoms with Crippen molar-refractivity contribution in [1.82, 2.24) is 4.90 Å². The van der Waals surface area contributed by atoms with Crippen molar-refractivity contribution in [1.29, 1.82) is 0 Å². The molecule has 2 rings (SSSR count). The second-order valence-corrected chi connectivity index (χ2v) is 4.88. The summed E-state index contributed by atoms with van der Waals surface area (Å²) in [5.74, 6) is -0.388. The maximum absolute atomic E-state index is 10.8. The number of aliphatic carboxylic acids is 1. The Balaban J connectivity index is 2.04. The van der Waals surface area contributed by atoms with Crippen LogP contribution in [-0.2, 0) is 11.2 Å². The third-order valence-electron chi connectivity index (χ3n) is 3.69. The van der Waals surface area contributed by atoms with Gasteiger partial charge in [0.25, 0.3) is 0 Å². The van der Waals surface area contributed by atoms with Crippen molar-refractivity contribution in [2.45, 2.75) is 25.3 Å². The van der Waals surface area contributed by atoms with Crippen molar-refractivity contribution in [3.63, 3.8) is 0 Å². The molecule has 1 heterocycles. The fourth-order valence-corrected chi connectivity index (χ4v) is 2.73. The van der Waals surface area contributed by atoms with Gasteiger partial charge in [-0.2, -0.15) is 0 Å². The predicted octanol–water partition coefficient (Wildman–Crippen LogP) is 2.02. The van der Waals surface area contributed by atoms with Crippen molar-refractivity contribution in [2.75, 3.05) is 13.6 Å². The maximum Gasteiger partial charge on any atom is 0.303 e. The van der Waals surface area contributed by atoms with E-state index >= 15 is 0 Å². The Morgan fingerprint density at radius 1 is 1.41 bits per heavy atom. The lowest BCUT2D eigenvalue weighted by Gasteiger charge is -2.24. The van der Waals surface area contributed by atoms with Crippen LogP contribution in [0.25, 0.3) is 0 Å². The van der Waals surface area contributed by atoms with Crippen LogP contribution in [0.1, 0.15) is 18.4 Å². The van der Waals surface area contributed by atoms with Crippen LogP contribution >= 0.6 is 0 Å². The number of benzene rings is 1. The molecule has 3 heteroatoms. The Bertz CT molecular complexity index is 377. The molecule has 1 aliphatic heterocycles. The van der Waals surface area contributed by atoms with E-state index < -0.39 is 5.97 Å². The molecule has 1 aromatic rings. The SMILES string of the molecule is CN1CC[C@H](CC(=O)O)[C@H]1Cc1ccccc1. The molecule has 0 saturated carbocycles. The zero-order valence-electron chi connectivity index (χ0n) is 10.2. The third-order valence-corrected chi connectivity index (χ3v) is 3.69. The van der Waals surface area contributed by atoms with Gasteiger partial charge in [-0.05, 0) is 37.9 Å². The molecular formula is C14H19NO2. The van der Waals surface area contributed by atoms with Gasteiger partial charge in [0.2, 0.25) is 0 Å². The van der Waals surface area contributed by atoms with Crippen LogP contribution in [0.5, 0.6) is 0 Å². The summed E-state index contributed by atoms with van der Waals surface area (Å²) < 4.78 is 0. The summed E-state index contributed by atoms with van der Waals surface area (Å²) in [6, 6.07) is 10.7. The molecule has 0 unspecified atom stereocenters. The number of hydrogen-bond acceptors (Lipinski definition) is 2. The summed E-state index contributed by atoms with van der Waals surface area (Å²) in [6.45, 7) is 1.01. The standard InChI is InChI=1S/C14H19NO2/c1-15-8-7-12(10-14(16)17)13(15)9-11-5-3-2-4-6-11/h2-6,12-13H,7-10H2,1H3,(H,16,17)/t12-,13-/m1/s1. The lowest BCUT2D eigenvalue weighted by atomic mass is 9.91. The molecule has 1 aromatic carbocycles. The predicted molar refractivity (Wildman–Crippen MR) is 66.9 cm³/mol. The average molecular weight is 233 g/mol. The molecule has 0 radical (unpaired) electrons. The zero-order chi connectivity index (χ0) is 12.3. The molecule has 17 heavy (non-hydrogen) atoms. The normalized spacial score (nSPS) is 25.0. The fourth-order valence-electron chi connectivity index (χ4n) is 2.73. The maximum atomic E-state index is 10.8. The number of carboxylic acid groups (broad SMARTS) is 1. The summed E-state index contributed by atoms with van der Waals surface area (Å²) in [5, 5.41) is 8.93. The van der Waals surface area contributed by atoms with Gasteiger partial charge in [-0.1, -0.05) is 30.3 Å². The van der Waals surface area contributed by atoms with E-state index in [1.807, 2.05) is 18.2 Å². The van der Waals surface area contributed by atoms with Gasteiger partial charge in [0.05, 0.1) is 0 Å². The number of carbonyl (C=O) groups is 1. The van der Waals surface area contributed by atoms with E-state index in [1.165, 1.54) is 5.56 Å². The molecule has 1 aliphatic rings. The monoisotopic (exact) mass is 233 g/mol. The summed E-state index contributed by atoms with van der Waals surface area (Å²) in [5.41, 5.74) is 1.29. The molecule has 2 atom stereocenters. The molecule has 92 valence electrons. The van der Waals surface area contributed by atoms with Gasteiger partial charge >= 0.3 is 5.97 Å². The lowest BCUT2D eigenvalue weighted by Crippen LogP contribution is -2.32. The minimum absolute atomic E-state index is 0.290. The molecule has 0 aliphatic carbocycles. The number of nitrogens with zero attached hydrogens (tertiary/aromatic N) is 1. The van der Waals surface area contributed by atoms with Crippen molar-refractivity contribution < 1.29 is 9.90 Å². The van der Waals surface area contributed by atoms with E-state index in [2.05, 4.69) is 24.1 Å². The van der Waals surface area contributed by atoms with Gasteiger partial charge in [0.1, 0.15) is 0 Å². The lowest BCUT2D eigenvalue weighted by molar-refractivity contribution is -0.138. The summed E-state index contributed by atoms with van der Waals surface area (Å²) in [4.78, 5) is 13.1. The minimum Gasteiger partial charge on any atom is -0.481 e. The zero-order valence-corrected chi connectivity index (χ0v) is 10.2. The highest BCUT2D eigenvalue weighted by atomic mass is 16.4. The first-order valence-electron chi connectivity index (χ1n) is 6.13. The van der Waals surface area contributed by atoms with E-state index in [9.17, 15) is 4.79 Å². The molecule has 1 N–H and O–H groups in total. The molecule has 3 nitrogen and oxygen atoms in total. The Morgan fingerprint density at radius 3 is 2.76 bits per heavy atom. The number of likely N-dealkylation sites (tertiary alicyclic amines) is 1. The number of likely N-dealkylation sites (N-methyl/N-ethyl adjacent to an activating group) is 1. The van der Waals surface area contributed by atoms with Crippen LogP contribution in [-0.4, -0.2) is 35.6 Å². The second kappa shape index (κ2) is 5.32. The summed E-state index contributed by atoms with van der Waals surface area (Å²) in [7, 11) is 2.09. The molecule has 0 bridgehead atoms. The quantitative estimate of drug-likeness (QED) is 0.865. The first-order chi connectivity index (χ1) is 8.16. The summed E-state index contributed by atoms with van der Waals surface area (Å²) >= 11 is 0. The second-order valence-electron chi connectivity index (χ2n) is 4.88. The van der Waals surface area contributed by atoms with Crippen LogP contribution < -0.4 is 0 Å². The van der Waals surface area contributed by atoms with E-state index in [-0.39, 0.29) is 5.92 Å². The summed E-state index contributed by atoms with van der Waals surface area (Å²) in [6.07, 6.45) is 2.25. The number of hydrogen-bond donors (Lipinski definition) is 1. The van der Waals surface area contributed by atoms with Crippen LogP contribution in [0, 0.1) is 5.92 Å².